The minimum Gasteiger partial charge on any atom is -0.601 e. The van der Waals surface area contributed by atoms with Crippen molar-refractivity contribution in [1.82, 2.24) is 0 Å². The van der Waals surface area contributed by atoms with Crippen molar-refractivity contribution in [3.8, 4) is 0 Å². The molecule has 0 aromatic heterocycles. The Kier molecular flexibility index (Phi) is 15.1. The van der Waals surface area contributed by atoms with Crippen molar-refractivity contribution >= 4 is 6.72 Å². The molecular weight excluding hydrogens is 294 g/mol. The summed E-state index contributed by atoms with van der Waals surface area (Å²) in [6.07, 6.45) is 8.53. The van der Waals surface area contributed by atoms with Crippen LogP contribution in [0.2, 0.25) is 0 Å². The summed E-state index contributed by atoms with van der Waals surface area (Å²) >= 11 is 0. The van der Waals surface area contributed by atoms with E-state index in [4.69, 9.17) is 0 Å². The van der Waals surface area contributed by atoms with Crippen LogP contribution in [0.15, 0.2) is 11.2 Å². The van der Waals surface area contributed by atoms with Gasteiger partial charge in [0.15, 0.2) is 0 Å². The third kappa shape index (κ3) is 11.0. The number of hydrogen-bond acceptors (Lipinski definition) is 1. The van der Waals surface area contributed by atoms with Crippen LogP contribution in [0.1, 0.15) is 32.1 Å². The van der Waals surface area contributed by atoms with Crippen LogP contribution >= 0.6 is 0 Å². The number of nitrogens with zero attached hydrogens (tertiary/aromatic N) is 1. The summed E-state index contributed by atoms with van der Waals surface area (Å²) in [4.78, 5) is 2.89. The maximum Gasteiger partial charge on any atom is 2.00 e. The number of hydrogen-bond donors (Lipinski definition) is 0. The van der Waals surface area contributed by atoms with Crippen molar-refractivity contribution in [3.05, 3.63) is 12.8 Å². The largest absolute Gasteiger partial charge is 2.00 e. The third-order valence-electron chi connectivity index (χ3n) is 1.34. The summed E-state index contributed by atoms with van der Waals surface area (Å²) < 4.78 is 0. The minimum atomic E-state index is 0. The zero-order valence-electron chi connectivity index (χ0n) is 6.12. The molecule has 0 aliphatic heterocycles. The van der Waals surface area contributed by atoms with Crippen LogP contribution in [-0.2, 0) is 21.1 Å². The minimum absolute atomic E-state index is 0. The second kappa shape index (κ2) is 11.8. The Bertz CT molecular complexity index is 63.7. The first kappa shape index (κ1) is 12.7. The molecule has 56 valence electrons. The van der Waals surface area contributed by atoms with Crippen molar-refractivity contribution < 1.29 is 21.1 Å². The van der Waals surface area contributed by atoms with Gasteiger partial charge in [0.2, 0.25) is 0 Å². The Labute approximate surface area is 77.9 Å². The zero-order chi connectivity index (χ0) is 6.95. The quantitative estimate of drug-likeness (QED) is 0.521. The van der Waals surface area contributed by atoms with Gasteiger partial charge in [-0.25, -0.2) is 0 Å². The average molecular weight is 307 g/mol. The molecule has 10 heavy (non-hydrogen) atoms. The van der Waals surface area contributed by atoms with Gasteiger partial charge in [0.1, 0.15) is 0 Å². The molecule has 0 aromatic carbocycles. The number of aliphatic imine (C=N–C) groups is 1. The fourth-order valence-electron chi connectivity index (χ4n) is 0.884. The van der Waals surface area contributed by atoms with Gasteiger partial charge in [-0.1, -0.05) is 32.1 Å². The third-order valence-corrected chi connectivity index (χ3v) is 1.34. The smallest absolute Gasteiger partial charge is 0.601 e. The summed E-state index contributed by atoms with van der Waals surface area (Å²) in [5, 5.41) is 0. The molecule has 2 heteroatoms. The Morgan fingerprint density at radius 2 is 1.20 bits per heavy atom. The van der Waals surface area contributed by atoms with Gasteiger partial charge >= 0.3 is 21.1 Å². The van der Waals surface area contributed by atoms with Crippen molar-refractivity contribution in [1.29, 1.82) is 0 Å². The second-order valence-corrected chi connectivity index (χ2v) is 2.07. The van der Waals surface area contributed by atoms with E-state index in [0.717, 1.165) is 6.20 Å². The van der Waals surface area contributed by atoms with Crippen LogP contribution in [0, 0.1) is 6.58 Å². The first-order chi connectivity index (χ1) is 4.41. The van der Waals surface area contributed by atoms with Crippen LogP contribution in [-0.4, -0.2) is 6.72 Å². The second-order valence-electron chi connectivity index (χ2n) is 2.07. The Hall–Kier alpha value is 0.0983. The van der Waals surface area contributed by atoms with Crippen molar-refractivity contribution in [2.75, 3.05) is 0 Å². The standard InChI is InChI=1S/C5H10.C3H3N.W/c1-2-4-5-3-1;1-3-4-2;/h1-5H2;1-3H;/q;-2;+2. The molecular formula is C8H13NW. The van der Waals surface area contributed by atoms with Crippen LogP contribution in [0.3, 0.4) is 0 Å². The summed E-state index contributed by atoms with van der Waals surface area (Å²) in [6.45, 7) is 9.08. The van der Waals surface area contributed by atoms with Crippen LogP contribution < -0.4 is 0 Å². The van der Waals surface area contributed by atoms with Gasteiger partial charge in [0, 0.05) is 0 Å². The molecule has 0 bridgehead atoms. The van der Waals surface area contributed by atoms with E-state index in [1.165, 1.54) is 32.1 Å². The van der Waals surface area contributed by atoms with Gasteiger partial charge < -0.3 is 17.8 Å². The SMILES string of the molecule is C1CCCC1.[CH-]=CN=[CH-].[W+2]. The van der Waals surface area contributed by atoms with E-state index in [1.807, 2.05) is 0 Å². The van der Waals surface area contributed by atoms with Gasteiger partial charge in [-0.2, -0.15) is 6.72 Å². The van der Waals surface area contributed by atoms with E-state index in [0.29, 0.717) is 0 Å². The topological polar surface area (TPSA) is 12.4 Å². The van der Waals surface area contributed by atoms with Crippen molar-refractivity contribution in [2.24, 2.45) is 4.99 Å². The first-order valence-electron chi connectivity index (χ1n) is 3.35. The predicted molar refractivity (Wildman–Crippen MR) is 40.4 cm³/mol. The van der Waals surface area contributed by atoms with Gasteiger partial charge in [-0.15, -0.1) is 0 Å². The molecule has 1 nitrogen and oxygen atoms in total. The first-order valence-corrected chi connectivity index (χ1v) is 3.35. The van der Waals surface area contributed by atoms with Crippen LogP contribution in [0.4, 0.5) is 0 Å². The number of rotatable bonds is 1. The summed E-state index contributed by atoms with van der Waals surface area (Å²) in [7, 11) is 0. The summed E-state index contributed by atoms with van der Waals surface area (Å²) in [5.74, 6) is 0. The maximum atomic E-state index is 4.61. The van der Waals surface area contributed by atoms with Gasteiger partial charge in [0.05, 0.1) is 0 Å². The fourth-order valence-corrected chi connectivity index (χ4v) is 0.884. The molecule has 0 spiro atoms. The van der Waals surface area contributed by atoms with Crippen LogP contribution in [0.5, 0.6) is 0 Å². The van der Waals surface area contributed by atoms with E-state index >= 15 is 0 Å². The molecule has 1 fully saturated rings. The van der Waals surface area contributed by atoms with E-state index in [9.17, 15) is 0 Å². The molecule has 0 unspecified atom stereocenters. The molecule has 1 aliphatic carbocycles. The molecule has 0 atom stereocenters. The normalized spacial score (nSPS) is 14.0. The zero-order valence-corrected chi connectivity index (χ0v) is 9.06. The summed E-state index contributed by atoms with van der Waals surface area (Å²) in [6, 6.07) is 0. The molecule has 1 aliphatic rings. The van der Waals surface area contributed by atoms with Gasteiger partial charge in [-0.3, -0.25) is 0 Å². The van der Waals surface area contributed by atoms with Crippen molar-refractivity contribution in [2.45, 2.75) is 32.1 Å². The molecule has 0 aromatic rings. The van der Waals surface area contributed by atoms with E-state index in [-0.39, 0.29) is 21.1 Å². The van der Waals surface area contributed by atoms with E-state index in [2.05, 4.69) is 18.3 Å². The molecule has 0 radical (unpaired) electrons. The Balaban J connectivity index is 0. The monoisotopic (exact) mass is 307 g/mol. The fraction of sp³-hybridized carbons (Fsp3) is 0.625. The summed E-state index contributed by atoms with van der Waals surface area (Å²) in [5.41, 5.74) is 0. The van der Waals surface area contributed by atoms with Crippen molar-refractivity contribution in [3.63, 3.8) is 0 Å². The Morgan fingerprint density at radius 1 is 1.00 bits per heavy atom. The molecule has 1 rings (SSSR count). The molecule has 1 saturated carbocycles. The Morgan fingerprint density at radius 3 is 1.30 bits per heavy atom. The van der Waals surface area contributed by atoms with Crippen LogP contribution in [0.25, 0.3) is 0 Å². The molecule has 0 saturated heterocycles. The van der Waals surface area contributed by atoms with E-state index in [1.54, 1.807) is 0 Å². The molecule has 0 heterocycles. The molecule has 0 N–H and O–H groups in total. The predicted octanol–water partition coefficient (Wildman–Crippen LogP) is 2.46. The maximum absolute atomic E-state index is 4.61. The van der Waals surface area contributed by atoms with Gasteiger partial charge in [0.25, 0.3) is 0 Å². The van der Waals surface area contributed by atoms with Gasteiger partial charge in [-0.05, 0) is 0 Å². The van der Waals surface area contributed by atoms with E-state index < -0.39 is 0 Å². The molecule has 0 amide bonds. The average Bonchev–Trinajstić information content (AvgIpc) is 2.43.